The largest absolute Gasteiger partial charge is 0.393 e. The van der Waals surface area contributed by atoms with Crippen LogP contribution in [0.1, 0.15) is 19.3 Å². The fraction of sp³-hybridized carbons (Fsp3) is 1.00. The lowest BCUT2D eigenvalue weighted by atomic mass is 9.78. The highest BCUT2D eigenvalue weighted by atomic mass is 35.5. The molecule has 0 aromatic rings. The van der Waals surface area contributed by atoms with Crippen LogP contribution in [0.5, 0.6) is 0 Å². The van der Waals surface area contributed by atoms with E-state index in [9.17, 15) is 0 Å². The number of halogens is 1. The second kappa shape index (κ2) is 1.84. The van der Waals surface area contributed by atoms with E-state index in [4.69, 9.17) is 10.8 Å². The summed E-state index contributed by atoms with van der Waals surface area (Å²) >= 11 is 0. The summed E-state index contributed by atoms with van der Waals surface area (Å²) in [6, 6.07) is 0.422. The lowest BCUT2D eigenvalue weighted by Gasteiger charge is -2.32. The summed E-state index contributed by atoms with van der Waals surface area (Å²) in [4.78, 5) is 0. The van der Waals surface area contributed by atoms with Gasteiger partial charge in [0.2, 0.25) is 0 Å². The zero-order valence-electron chi connectivity index (χ0n) is 5.21. The van der Waals surface area contributed by atoms with Gasteiger partial charge in [0.1, 0.15) is 0 Å². The van der Waals surface area contributed by atoms with Gasteiger partial charge in [-0.3, -0.25) is 0 Å². The molecule has 2 aliphatic carbocycles. The summed E-state index contributed by atoms with van der Waals surface area (Å²) in [7, 11) is 0. The van der Waals surface area contributed by atoms with Gasteiger partial charge in [0, 0.05) is 6.04 Å². The predicted octanol–water partition coefficient (Wildman–Crippen LogP) is 0.280. The van der Waals surface area contributed by atoms with Gasteiger partial charge < -0.3 is 10.8 Å². The summed E-state index contributed by atoms with van der Waals surface area (Å²) < 4.78 is 0. The molecule has 3 N–H and O–H groups in total. The number of aliphatic hydroxyl groups excluding tert-OH is 1. The number of hydrogen-bond acceptors (Lipinski definition) is 2. The smallest absolute Gasteiger partial charge is 0.0552 e. The first-order valence-electron chi connectivity index (χ1n) is 3.17. The molecule has 2 rings (SSSR count). The van der Waals surface area contributed by atoms with E-state index < -0.39 is 0 Å². The fourth-order valence-electron chi connectivity index (χ4n) is 1.73. The molecule has 2 aliphatic rings. The maximum absolute atomic E-state index is 8.89. The Hall–Kier alpha value is 0.210. The van der Waals surface area contributed by atoms with Crippen LogP contribution in [0, 0.1) is 5.41 Å². The van der Waals surface area contributed by atoms with E-state index >= 15 is 0 Å². The van der Waals surface area contributed by atoms with Crippen LogP contribution in [0.4, 0.5) is 0 Å². The van der Waals surface area contributed by atoms with Crippen molar-refractivity contribution in [2.45, 2.75) is 31.4 Å². The van der Waals surface area contributed by atoms with Gasteiger partial charge in [0.05, 0.1) is 6.10 Å². The first-order chi connectivity index (χ1) is 3.73. The van der Waals surface area contributed by atoms with Gasteiger partial charge in [-0.2, -0.15) is 0 Å². The Balaban J connectivity index is 0.000000405. The van der Waals surface area contributed by atoms with E-state index in [0.29, 0.717) is 11.5 Å². The van der Waals surface area contributed by atoms with Crippen molar-refractivity contribution in [2.24, 2.45) is 11.1 Å². The molecule has 1 unspecified atom stereocenters. The molecule has 54 valence electrons. The van der Waals surface area contributed by atoms with Crippen molar-refractivity contribution in [1.82, 2.24) is 0 Å². The van der Waals surface area contributed by atoms with Crippen molar-refractivity contribution in [3.05, 3.63) is 0 Å². The number of rotatable bonds is 0. The minimum Gasteiger partial charge on any atom is -0.393 e. The molecule has 0 aromatic heterocycles. The van der Waals surface area contributed by atoms with E-state index in [1.54, 1.807) is 0 Å². The second-order valence-electron chi connectivity index (χ2n) is 3.24. The molecule has 0 bridgehead atoms. The van der Waals surface area contributed by atoms with Crippen molar-refractivity contribution in [2.75, 3.05) is 0 Å². The van der Waals surface area contributed by atoms with Crippen LogP contribution in [0.25, 0.3) is 0 Å². The number of aliphatic hydroxyl groups is 1. The van der Waals surface area contributed by atoms with Crippen LogP contribution in [-0.4, -0.2) is 17.3 Å². The van der Waals surface area contributed by atoms with Crippen molar-refractivity contribution >= 4 is 12.4 Å². The van der Waals surface area contributed by atoms with E-state index in [-0.39, 0.29) is 18.5 Å². The molecule has 0 heterocycles. The molecule has 1 spiro atoms. The first kappa shape index (κ1) is 7.32. The number of nitrogens with two attached hydrogens (primary N) is 1. The average Bonchev–Trinajstić information content (AvgIpc) is 2.13. The Labute approximate surface area is 60.8 Å². The van der Waals surface area contributed by atoms with Crippen molar-refractivity contribution in [3.8, 4) is 0 Å². The quantitative estimate of drug-likeness (QED) is 0.520. The highest BCUT2D eigenvalue weighted by molar-refractivity contribution is 5.85. The van der Waals surface area contributed by atoms with Gasteiger partial charge in [-0.1, -0.05) is 0 Å². The molecule has 1 atom stereocenters. The standard InChI is InChI=1S/C6H11NO.ClH/c7-5-3-6(5)1-4(8)2-6;/h4-5,8H,1-3,7H2;1H. The maximum Gasteiger partial charge on any atom is 0.0552 e. The summed E-state index contributed by atoms with van der Waals surface area (Å²) in [5.74, 6) is 0. The van der Waals surface area contributed by atoms with Gasteiger partial charge >= 0.3 is 0 Å². The normalized spacial score (nSPS) is 54.0. The van der Waals surface area contributed by atoms with Crippen LogP contribution in [0.3, 0.4) is 0 Å². The SMILES string of the molecule is Cl.NC1CC12CC(O)C2. The highest BCUT2D eigenvalue weighted by Gasteiger charge is 2.59. The molecule has 0 aliphatic heterocycles. The Morgan fingerprint density at radius 3 is 1.89 bits per heavy atom. The monoisotopic (exact) mass is 149 g/mol. The minimum atomic E-state index is -0.0245. The molecule has 9 heavy (non-hydrogen) atoms. The predicted molar refractivity (Wildman–Crippen MR) is 37.5 cm³/mol. The van der Waals surface area contributed by atoms with Crippen LogP contribution >= 0.6 is 12.4 Å². The molecule has 2 saturated carbocycles. The van der Waals surface area contributed by atoms with E-state index in [2.05, 4.69) is 0 Å². The Bertz CT molecular complexity index is 122. The molecule has 0 aromatic carbocycles. The molecular formula is C6H12ClNO. The van der Waals surface area contributed by atoms with E-state index in [0.717, 1.165) is 19.3 Å². The topological polar surface area (TPSA) is 46.2 Å². The Morgan fingerprint density at radius 2 is 1.78 bits per heavy atom. The van der Waals surface area contributed by atoms with Gasteiger partial charge in [-0.05, 0) is 24.7 Å². The molecule has 2 fully saturated rings. The third kappa shape index (κ3) is 0.858. The lowest BCUT2D eigenvalue weighted by Crippen LogP contribution is -2.34. The van der Waals surface area contributed by atoms with Gasteiger partial charge in [0.25, 0.3) is 0 Å². The van der Waals surface area contributed by atoms with Gasteiger partial charge in [-0.15, -0.1) is 12.4 Å². The molecule has 0 radical (unpaired) electrons. The Kier molecular flexibility index (Phi) is 1.50. The van der Waals surface area contributed by atoms with Crippen LogP contribution in [0.15, 0.2) is 0 Å². The molecule has 0 saturated heterocycles. The molecule has 0 amide bonds. The van der Waals surface area contributed by atoms with Crippen LogP contribution in [-0.2, 0) is 0 Å². The van der Waals surface area contributed by atoms with Crippen molar-refractivity contribution in [1.29, 1.82) is 0 Å². The summed E-state index contributed by atoms with van der Waals surface area (Å²) in [6.07, 6.45) is 3.07. The average molecular weight is 150 g/mol. The summed E-state index contributed by atoms with van der Waals surface area (Å²) in [6.45, 7) is 0. The lowest BCUT2D eigenvalue weighted by molar-refractivity contribution is 0.0261. The maximum atomic E-state index is 8.89. The fourth-order valence-corrected chi connectivity index (χ4v) is 1.73. The molecular weight excluding hydrogens is 138 g/mol. The highest BCUT2D eigenvalue weighted by Crippen LogP contribution is 2.59. The number of hydrogen-bond donors (Lipinski definition) is 2. The molecule has 3 heteroatoms. The van der Waals surface area contributed by atoms with Gasteiger partial charge in [0.15, 0.2) is 0 Å². The zero-order chi connectivity index (χ0) is 5.78. The second-order valence-corrected chi connectivity index (χ2v) is 3.24. The van der Waals surface area contributed by atoms with Crippen LogP contribution in [0.2, 0.25) is 0 Å². The molecule has 2 nitrogen and oxygen atoms in total. The minimum absolute atomic E-state index is 0. The van der Waals surface area contributed by atoms with E-state index in [1.165, 1.54) is 0 Å². The van der Waals surface area contributed by atoms with Crippen molar-refractivity contribution < 1.29 is 5.11 Å². The first-order valence-corrected chi connectivity index (χ1v) is 3.17. The third-order valence-corrected chi connectivity index (χ3v) is 2.54. The van der Waals surface area contributed by atoms with E-state index in [1.807, 2.05) is 0 Å². The van der Waals surface area contributed by atoms with Gasteiger partial charge in [-0.25, -0.2) is 0 Å². The Morgan fingerprint density at radius 1 is 1.33 bits per heavy atom. The van der Waals surface area contributed by atoms with Crippen molar-refractivity contribution in [3.63, 3.8) is 0 Å². The third-order valence-electron chi connectivity index (χ3n) is 2.54. The zero-order valence-corrected chi connectivity index (χ0v) is 6.03. The van der Waals surface area contributed by atoms with Crippen LogP contribution < -0.4 is 5.73 Å². The summed E-state index contributed by atoms with van der Waals surface area (Å²) in [5.41, 5.74) is 6.04. The summed E-state index contributed by atoms with van der Waals surface area (Å²) in [5, 5.41) is 8.89.